The molecule has 23 heavy (non-hydrogen) atoms. The summed E-state index contributed by atoms with van der Waals surface area (Å²) in [5.41, 5.74) is 1.08. The van der Waals surface area contributed by atoms with Gasteiger partial charge in [0.2, 0.25) is 0 Å². The summed E-state index contributed by atoms with van der Waals surface area (Å²) in [7, 11) is 0. The SMILES string of the molecule is Cc1ccccc1OCC(O)CN1CCCC1c1ncccn1. The molecule has 1 aliphatic heterocycles. The van der Waals surface area contributed by atoms with Crippen molar-refractivity contribution in [3.63, 3.8) is 0 Å². The first kappa shape index (κ1) is 15.9. The number of hydrogen-bond acceptors (Lipinski definition) is 5. The highest BCUT2D eigenvalue weighted by atomic mass is 16.5. The molecule has 122 valence electrons. The number of likely N-dealkylation sites (tertiary alicyclic amines) is 1. The van der Waals surface area contributed by atoms with Gasteiger partial charge in [-0.25, -0.2) is 9.97 Å². The number of benzene rings is 1. The molecule has 2 unspecified atom stereocenters. The summed E-state index contributed by atoms with van der Waals surface area (Å²) in [6, 6.07) is 9.88. The zero-order chi connectivity index (χ0) is 16.1. The van der Waals surface area contributed by atoms with E-state index in [-0.39, 0.29) is 6.04 Å². The maximum Gasteiger partial charge on any atom is 0.145 e. The lowest BCUT2D eigenvalue weighted by atomic mass is 10.2. The molecule has 2 aromatic rings. The fourth-order valence-corrected chi connectivity index (χ4v) is 3.05. The largest absolute Gasteiger partial charge is 0.491 e. The fraction of sp³-hybridized carbons (Fsp3) is 0.444. The van der Waals surface area contributed by atoms with Crippen molar-refractivity contribution in [2.75, 3.05) is 19.7 Å². The number of aliphatic hydroxyl groups excluding tert-OH is 1. The predicted octanol–water partition coefficient (Wildman–Crippen LogP) is 2.36. The average molecular weight is 313 g/mol. The Balaban J connectivity index is 1.55. The van der Waals surface area contributed by atoms with Gasteiger partial charge in [-0.2, -0.15) is 0 Å². The average Bonchev–Trinajstić information content (AvgIpc) is 3.03. The van der Waals surface area contributed by atoms with Crippen molar-refractivity contribution in [2.45, 2.75) is 31.9 Å². The molecule has 1 aliphatic rings. The quantitative estimate of drug-likeness (QED) is 0.887. The van der Waals surface area contributed by atoms with Crippen molar-refractivity contribution in [1.82, 2.24) is 14.9 Å². The van der Waals surface area contributed by atoms with Gasteiger partial charge in [-0.3, -0.25) is 4.90 Å². The molecule has 3 rings (SSSR count). The molecule has 1 saturated heterocycles. The zero-order valence-electron chi connectivity index (χ0n) is 13.4. The highest BCUT2D eigenvalue weighted by molar-refractivity contribution is 5.31. The van der Waals surface area contributed by atoms with E-state index in [1.807, 2.05) is 37.3 Å². The molecule has 1 N–H and O–H groups in total. The van der Waals surface area contributed by atoms with Crippen molar-refractivity contribution >= 4 is 0 Å². The zero-order valence-corrected chi connectivity index (χ0v) is 13.4. The number of rotatable bonds is 6. The maximum absolute atomic E-state index is 10.3. The van der Waals surface area contributed by atoms with Crippen LogP contribution in [0.2, 0.25) is 0 Å². The lowest BCUT2D eigenvalue weighted by Gasteiger charge is -2.25. The summed E-state index contributed by atoms with van der Waals surface area (Å²) >= 11 is 0. The molecule has 1 fully saturated rings. The Morgan fingerprint density at radius 3 is 2.83 bits per heavy atom. The molecular weight excluding hydrogens is 290 g/mol. The fourth-order valence-electron chi connectivity index (χ4n) is 3.05. The lowest BCUT2D eigenvalue weighted by molar-refractivity contribution is 0.0625. The van der Waals surface area contributed by atoms with E-state index in [1.54, 1.807) is 12.4 Å². The van der Waals surface area contributed by atoms with Crippen LogP contribution in [0.5, 0.6) is 5.75 Å². The standard InChI is InChI=1S/C18H23N3O2/c1-14-6-2-3-8-17(14)23-13-15(22)12-21-11-4-7-16(21)18-19-9-5-10-20-18/h2-3,5-6,8-10,15-16,22H,4,7,11-13H2,1H3. The van der Waals surface area contributed by atoms with Gasteiger partial charge < -0.3 is 9.84 Å². The van der Waals surface area contributed by atoms with Crippen LogP contribution >= 0.6 is 0 Å². The van der Waals surface area contributed by atoms with Gasteiger partial charge in [0.25, 0.3) is 0 Å². The molecule has 1 aromatic heterocycles. The molecule has 0 aliphatic carbocycles. The Morgan fingerprint density at radius 2 is 2.04 bits per heavy atom. The molecule has 2 heterocycles. The van der Waals surface area contributed by atoms with Crippen LogP contribution in [0.1, 0.15) is 30.3 Å². The first-order chi connectivity index (χ1) is 11.2. The van der Waals surface area contributed by atoms with E-state index in [1.165, 1.54) is 0 Å². The Bertz CT molecular complexity index is 621. The van der Waals surface area contributed by atoms with Crippen molar-refractivity contribution in [3.8, 4) is 5.75 Å². The Morgan fingerprint density at radius 1 is 1.26 bits per heavy atom. The number of ether oxygens (including phenoxy) is 1. The molecule has 5 nitrogen and oxygen atoms in total. The summed E-state index contributed by atoms with van der Waals surface area (Å²) < 4.78 is 5.74. The highest BCUT2D eigenvalue weighted by Gasteiger charge is 2.29. The van der Waals surface area contributed by atoms with Crippen LogP contribution < -0.4 is 4.74 Å². The molecule has 0 saturated carbocycles. The van der Waals surface area contributed by atoms with Gasteiger partial charge >= 0.3 is 0 Å². The van der Waals surface area contributed by atoms with Crippen LogP contribution in [0, 0.1) is 6.92 Å². The van der Waals surface area contributed by atoms with Gasteiger partial charge in [0.05, 0.1) is 6.04 Å². The second-order valence-corrected chi connectivity index (χ2v) is 5.99. The monoisotopic (exact) mass is 313 g/mol. The van der Waals surface area contributed by atoms with Crippen LogP contribution in [0.3, 0.4) is 0 Å². The van der Waals surface area contributed by atoms with E-state index >= 15 is 0 Å². The van der Waals surface area contributed by atoms with E-state index in [4.69, 9.17) is 4.74 Å². The van der Waals surface area contributed by atoms with Gasteiger partial charge in [0.15, 0.2) is 0 Å². The summed E-state index contributed by atoms with van der Waals surface area (Å²) in [4.78, 5) is 11.0. The van der Waals surface area contributed by atoms with E-state index in [0.29, 0.717) is 13.2 Å². The maximum atomic E-state index is 10.3. The third-order valence-electron chi connectivity index (χ3n) is 4.22. The Kier molecular flexibility index (Phi) is 5.20. The lowest BCUT2D eigenvalue weighted by Crippen LogP contribution is -2.35. The summed E-state index contributed by atoms with van der Waals surface area (Å²) in [6.07, 6.45) is 5.16. The van der Waals surface area contributed by atoms with Gasteiger partial charge in [-0.05, 0) is 44.0 Å². The number of aryl methyl sites for hydroxylation is 1. The third-order valence-corrected chi connectivity index (χ3v) is 4.22. The summed E-state index contributed by atoms with van der Waals surface area (Å²) in [5.74, 6) is 1.67. The second kappa shape index (κ2) is 7.53. The molecule has 0 amide bonds. The normalized spacial score (nSPS) is 19.7. The van der Waals surface area contributed by atoms with Gasteiger partial charge in [-0.15, -0.1) is 0 Å². The molecule has 2 atom stereocenters. The Hall–Kier alpha value is -1.98. The Labute approximate surface area is 137 Å². The number of aliphatic hydroxyl groups is 1. The number of para-hydroxylation sites is 1. The van der Waals surface area contributed by atoms with Crippen LogP contribution in [-0.4, -0.2) is 45.8 Å². The van der Waals surface area contributed by atoms with Crippen molar-refractivity contribution < 1.29 is 9.84 Å². The second-order valence-electron chi connectivity index (χ2n) is 5.99. The number of β-amino-alcohol motifs (C(OH)–C–C–N with tert-alkyl or cyclic N) is 1. The minimum absolute atomic E-state index is 0.198. The topological polar surface area (TPSA) is 58.5 Å². The minimum Gasteiger partial charge on any atom is -0.491 e. The smallest absolute Gasteiger partial charge is 0.145 e. The first-order valence-corrected chi connectivity index (χ1v) is 8.11. The van der Waals surface area contributed by atoms with Gasteiger partial charge in [-0.1, -0.05) is 18.2 Å². The number of nitrogens with zero attached hydrogens (tertiary/aromatic N) is 3. The summed E-state index contributed by atoms with van der Waals surface area (Å²) in [5, 5.41) is 10.3. The first-order valence-electron chi connectivity index (χ1n) is 8.11. The molecule has 0 spiro atoms. The van der Waals surface area contributed by atoms with E-state index in [2.05, 4.69) is 14.9 Å². The highest BCUT2D eigenvalue weighted by Crippen LogP contribution is 2.29. The number of hydrogen-bond donors (Lipinski definition) is 1. The number of aromatic nitrogens is 2. The molecule has 1 aromatic carbocycles. The third kappa shape index (κ3) is 4.06. The molecule has 5 heteroatoms. The van der Waals surface area contributed by atoms with Crippen LogP contribution in [0.4, 0.5) is 0 Å². The van der Waals surface area contributed by atoms with Crippen LogP contribution in [0.15, 0.2) is 42.7 Å². The minimum atomic E-state index is -0.529. The van der Waals surface area contributed by atoms with E-state index in [9.17, 15) is 5.11 Å². The summed E-state index contributed by atoms with van der Waals surface area (Å²) in [6.45, 7) is 3.84. The molecule has 0 bridgehead atoms. The van der Waals surface area contributed by atoms with Crippen molar-refractivity contribution in [3.05, 3.63) is 54.1 Å². The van der Waals surface area contributed by atoms with Crippen LogP contribution in [-0.2, 0) is 0 Å². The molecular formula is C18H23N3O2. The van der Waals surface area contributed by atoms with E-state index in [0.717, 1.165) is 36.5 Å². The van der Waals surface area contributed by atoms with Crippen molar-refractivity contribution in [1.29, 1.82) is 0 Å². The van der Waals surface area contributed by atoms with Crippen LogP contribution in [0.25, 0.3) is 0 Å². The molecule has 0 radical (unpaired) electrons. The van der Waals surface area contributed by atoms with E-state index < -0.39 is 6.10 Å². The van der Waals surface area contributed by atoms with Crippen molar-refractivity contribution in [2.24, 2.45) is 0 Å². The van der Waals surface area contributed by atoms with Gasteiger partial charge in [0.1, 0.15) is 24.3 Å². The van der Waals surface area contributed by atoms with Gasteiger partial charge in [0, 0.05) is 18.9 Å². The predicted molar refractivity (Wildman–Crippen MR) is 88.3 cm³/mol.